The number of rotatable bonds is 5. The summed E-state index contributed by atoms with van der Waals surface area (Å²) in [6.45, 7) is 3.96. The van der Waals surface area contributed by atoms with Crippen molar-refractivity contribution in [2.45, 2.75) is 12.1 Å². The highest BCUT2D eigenvalue weighted by Crippen LogP contribution is 2.04. The van der Waals surface area contributed by atoms with Crippen molar-refractivity contribution in [2.24, 2.45) is 5.73 Å². The first kappa shape index (κ1) is 14.4. The molecule has 0 aliphatic carbocycles. The summed E-state index contributed by atoms with van der Waals surface area (Å²) in [7, 11) is 5.72. The lowest BCUT2D eigenvalue weighted by molar-refractivity contribution is -0.123. The fourth-order valence-corrected chi connectivity index (χ4v) is 1.93. The molecule has 17 heavy (non-hydrogen) atoms. The van der Waals surface area contributed by atoms with E-state index < -0.39 is 6.04 Å². The first-order valence-corrected chi connectivity index (χ1v) is 5.95. The Labute approximate surface area is 103 Å². The zero-order valence-electron chi connectivity index (χ0n) is 11.0. The number of carbonyl (C=O) groups is 1. The third-order valence-corrected chi connectivity index (χ3v) is 3.18. The molecule has 1 aliphatic heterocycles. The van der Waals surface area contributed by atoms with Gasteiger partial charge in [-0.1, -0.05) is 0 Å². The van der Waals surface area contributed by atoms with Gasteiger partial charge in [-0.25, -0.2) is 0 Å². The van der Waals surface area contributed by atoms with E-state index in [1.54, 1.807) is 0 Å². The Bertz CT molecular complexity index is 250. The standard InChI is InChI=1S/C11H24N4O2/c1-14-4-5-15(2)9(7-14)6-13-11(16)10(12)8-17-3/h9-10H,4-8,12H2,1-3H3,(H,13,16). The summed E-state index contributed by atoms with van der Waals surface area (Å²) in [4.78, 5) is 16.2. The molecule has 0 aromatic rings. The number of hydrogen-bond donors (Lipinski definition) is 2. The number of likely N-dealkylation sites (N-methyl/N-ethyl adjacent to an activating group) is 2. The maximum atomic E-state index is 11.6. The number of nitrogens with two attached hydrogens (primary N) is 1. The predicted molar refractivity (Wildman–Crippen MR) is 66.8 cm³/mol. The van der Waals surface area contributed by atoms with Gasteiger partial charge in [0.25, 0.3) is 0 Å². The molecule has 1 saturated heterocycles. The monoisotopic (exact) mass is 244 g/mol. The molecule has 2 atom stereocenters. The molecule has 0 spiro atoms. The van der Waals surface area contributed by atoms with Crippen LogP contribution in [0.2, 0.25) is 0 Å². The fraction of sp³-hybridized carbons (Fsp3) is 0.909. The molecule has 1 aliphatic rings. The molecular formula is C11H24N4O2. The van der Waals surface area contributed by atoms with Gasteiger partial charge in [0.1, 0.15) is 6.04 Å². The van der Waals surface area contributed by atoms with Gasteiger partial charge in [0.15, 0.2) is 0 Å². The van der Waals surface area contributed by atoms with Crippen molar-refractivity contribution in [3.63, 3.8) is 0 Å². The maximum Gasteiger partial charge on any atom is 0.239 e. The van der Waals surface area contributed by atoms with Gasteiger partial charge in [0, 0.05) is 39.3 Å². The molecule has 0 radical (unpaired) electrons. The van der Waals surface area contributed by atoms with Gasteiger partial charge in [0.2, 0.25) is 5.91 Å². The molecule has 1 rings (SSSR count). The van der Waals surface area contributed by atoms with Gasteiger partial charge >= 0.3 is 0 Å². The van der Waals surface area contributed by atoms with E-state index in [-0.39, 0.29) is 12.5 Å². The van der Waals surface area contributed by atoms with Crippen molar-refractivity contribution in [3.05, 3.63) is 0 Å². The van der Waals surface area contributed by atoms with Gasteiger partial charge in [0.05, 0.1) is 6.61 Å². The van der Waals surface area contributed by atoms with Crippen molar-refractivity contribution in [1.29, 1.82) is 0 Å². The van der Waals surface area contributed by atoms with Gasteiger partial charge in [-0.3, -0.25) is 9.69 Å². The Balaban J connectivity index is 2.31. The Morgan fingerprint density at radius 3 is 2.88 bits per heavy atom. The molecule has 6 heteroatoms. The number of nitrogens with one attached hydrogen (secondary N) is 1. The molecule has 1 fully saturated rings. The molecule has 0 aromatic carbocycles. The third-order valence-electron chi connectivity index (χ3n) is 3.18. The molecule has 0 bridgehead atoms. The van der Waals surface area contributed by atoms with E-state index >= 15 is 0 Å². The number of hydrogen-bond acceptors (Lipinski definition) is 5. The Kier molecular flexibility index (Phi) is 5.84. The van der Waals surface area contributed by atoms with Gasteiger partial charge in [-0.05, 0) is 14.1 Å². The number of carbonyl (C=O) groups excluding carboxylic acids is 1. The number of nitrogens with zero attached hydrogens (tertiary/aromatic N) is 2. The zero-order valence-corrected chi connectivity index (χ0v) is 11.0. The van der Waals surface area contributed by atoms with Gasteiger partial charge in [-0.2, -0.15) is 0 Å². The maximum absolute atomic E-state index is 11.6. The fourth-order valence-electron chi connectivity index (χ4n) is 1.93. The summed E-state index contributed by atoms with van der Waals surface area (Å²) < 4.78 is 4.85. The van der Waals surface area contributed by atoms with Crippen LogP contribution in [0.3, 0.4) is 0 Å². The van der Waals surface area contributed by atoms with Crippen LogP contribution in [0.25, 0.3) is 0 Å². The Hall–Kier alpha value is -0.690. The number of amides is 1. The first-order chi connectivity index (χ1) is 8.04. The van der Waals surface area contributed by atoms with E-state index in [0.717, 1.165) is 19.6 Å². The molecule has 1 heterocycles. The van der Waals surface area contributed by atoms with Crippen LogP contribution in [0.15, 0.2) is 0 Å². The molecule has 2 unspecified atom stereocenters. The molecule has 3 N–H and O–H groups in total. The second kappa shape index (κ2) is 6.90. The topological polar surface area (TPSA) is 70.8 Å². The van der Waals surface area contributed by atoms with Crippen molar-refractivity contribution in [3.8, 4) is 0 Å². The van der Waals surface area contributed by atoms with Crippen molar-refractivity contribution in [2.75, 3.05) is 54.0 Å². The van der Waals surface area contributed by atoms with E-state index in [1.165, 1.54) is 7.11 Å². The highest BCUT2D eigenvalue weighted by atomic mass is 16.5. The zero-order chi connectivity index (χ0) is 12.8. The average molecular weight is 244 g/mol. The van der Waals surface area contributed by atoms with Crippen LogP contribution >= 0.6 is 0 Å². The predicted octanol–water partition coefficient (Wildman–Crippen LogP) is -1.68. The minimum atomic E-state index is -0.577. The summed E-state index contributed by atoms with van der Waals surface area (Å²) in [6.07, 6.45) is 0. The summed E-state index contributed by atoms with van der Waals surface area (Å²) >= 11 is 0. The smallest absolute Gasteiger partial charge is 0.239 e. The molecule has 0 saturated carbocycles. The van der Waals surface area contributed by atoms with Crippen LogP contribution in [0.5, 0.6) is 0 Å². The lowest BCUT2D eigenvalue weighted by Crippen LogP contribution is -2.56. The molecule has 100 valence electrons. The second-order valence-electron chi connectivity index (χ2n) is 4.70. The Morgan fingerprint density at radius 2 is 2.24 bits per heavy atom. The lowest BCUT2D eigenvalue weighted by Gasteiger charge is -2.37. The lowest BCUT2D eigenvalue weighted by atomic mass is 10.2. The number of methoxy groups -OCH3 is 1. The molecule has 1 amide bonds. The molecule has 6 nitrogen and oxygen atoms in total. The first-order valence-electron chi connectivity index (χ1n) is 5.95. The van der Waals surface area contributed by atoms with Crippen molar-refractivity contribution < 1.29 is 9.53 Å². The van der Waals surface area contributed by atoms with E-state index in [2.05, 4.69) is 29.2 Å². The van der Waals surface area contributed by atoms with Gasteiger partial charge < -0.3 is 20.7 Å². The normalized spacial score (nSPS) is 24.6. The van der Waals surface area contributed by atoms with Crippen molar-refractivity contribution in [1.82, 2.24) is 15.1 Å². The van der Waals surface area contributed by atoms with Crippen LogP contribution in [-0.4, -0.2) is 81.8 Å². The number of piperazine rings is 1. The van der Waals surface area contributed by atoms with E-state index in [9.17, 15) is 4.79 Å². The van der Waals surface area contributed by atoms with Gasteiger partial charge in [-0.15, -0.1) is 0 Å². The highest BCUT2D eigenvalue weighted by Gasteiger charge is 2.23. The minimum Gasteiger partial charge on any atom is -0.383 e. The third kappa shape index (κ3) is 4.59. The minimum absolute atomic E-state index is 0.145. The SMILES string of the molecule is COCC(N)C(=O)NCC1CN(C)CCN1C. The van der Waals surface area contributed by atoms with Crippen LogP contribution in [0, 0.1) is 0 Å². The summed E-state index contributed by atoms with van der Waals surface area (Å²) in [5.74, 6) is -0.145. The number of ether oxygens (including phenoxy) is 1. The molecule has 0 aromatic heterocycles. The summed E-state index contributed by atoms with van der Waals surface area (Å²) in [5, 5.41) is 2.88. The summed E-state index contributed by atoms with van der Waals surface area (Å²) in [6, 6.07) is -0.223. The van der Waals surface area contributed by atoms with Crippen LogP contribution < -0.4 is 11.1 Å². The van der Waals surface area contributed by atoms with E-state index in [1.807, 2.05) is 0 Å². The molecular weight excluding hydrogens is 220 g/mol. The second-order valence-corrected chi connectivity index (χ2v) is 4.70. The van der Waals surface area contributed by atoms with Crippen LogP contribution in [0.1, 0.15) is 0 Å². The van der Waals surface area contributed by atoms with Crippen LogP contribution in [0.4, 0.5) is 0 Å². The largest absolute Gasteiger partial charge is 0.383 e. The highest BCUT2D eigenvalue weighted by molar-refractivity contribution is 5.81. The quantitative estimate of drug-likeness (QED) is 0.604. The Morgan fingerprint density at radius 1 is 1.53 bits per heavy atom. The van der Waals surface area contributed by atoms with E-state index in [0.29, 0.717) is 12.6 Å². The van der Waals surface area contributed by atoms with Crippen molar-refractivity contribution >= 4 is 5.91 Å². The van der Waals surface area contributed by atoms with E-state index in [4.69, 9.17) is 10.5 Å². The average Bonchev–Trinajstić information content (AvgIpc) is 2.30. The summed E-state index contributed by atoms with van der Waals surface area (Å²) in [5.41, 5.74) is 5.64. The van der Waals surface area contributed by atoms with Crippen LogP contribution in [-0.2, 0) is 9.53 Å².